The van der Waals surface area contributed by atoms with Gasteiger partial charge in [0.2, 0.25) is 0 Å². The maximum absolute atomic E-state index is 11.9. The quantitative estimate of drug-likeness (QED) is 0.227. The van der Waals surface area contributed by atoms with Gasteiger partial charge in [-0.3, -0.25) is 4.79 Å². The molecule has 9 nitrogen and oxygen atoms in total. The molecule has 0 aliphatic heterocycles. The van der Waals surface area contributed by atoms with Crippen molar-refractivity contribution in [2.24, 2.45) is 0 Å². The first-order valence-corrected chi connectivity index (χ1v) is 12.8. The molecule has 0 unspecified atom stereocenters. The Morgan fingerprint density at radius 1 is 0.879 bits per heavy atom. The van der Waals surface area contributed by atoms with Crippen LogP contribution in [-0.4, -0.2) is 87.2 Å². The fourth-order valence-electron chi connectivity index (χ4n) is 3.20. The molecule has 1 aliphatic rings. The minimum atomic E-state index is -0.395. The number of carbonyl (C=O) groups excluding carboxylic acids is 3. The highest BCUT2D eigenvalue weighted by atomic mass is 32.2. The summed E-state index contributed by atoms with van der Waals surface area (Å²) in [6.45, 7) is 8.74. The van der Waals surface area contributed by atoms with E-state index in [1.165, 1.54) is 6.92 Å². The predicted octanol–water partition coefficient (Wildman–Crippen LogP) is 3.37. The molecule has 10 heteroatoms. The van der Waals surface area contributed by atoms with Gasteiger partial charge in [-0.2, -0.15) is 11.8 Å². The maximum atomic E-state index is 11.9. The number of nitrogens with one attached hydrogen (secondary N) is 1. The third-order valence-electron chi connectivity index (χ3n) is 4.79. The van der Waals surface area contributed by atoms with Gasteiger partial charge in [0.25, 0.3) is 0 Å². The van der Waals surface area contributed by atoms with Gasteiger partial charge in [-0.05, 0) is 37.9 Å². The molecule has 194 valence electrons. The molecule has 0 radical (unpaired) electrons. The summed E-state index contributed by atoms with van der Waals surface area (Å²) in [5.41, 5.74) is 0. The lowest BCUT2D eigenvalue weighted by Crippen LogP contribution is -2.33. The predicted molar refractivity (Wildman–Crippen MR) is 129 cm³/mol. The zero-order valence-corrected chi connectivity index (χ0v) is 21.1. The minimum absolute atomic E-state index is 0. The van der Waals surface area contributed by atoms with E-state index in [0.717, 1.165) is 25.7 Å². The molecular formula is C23H43NO8S. The number of Topliss-reactive ketones (excluding diaryl/α,β-unsaturated/α-hetero) is 1. The Labute approximate surface area is 203 Å². The minimum Gasteiger partial charge on any atom is -0.463 e. The first-order chi connectivity index (χ1) is 15.9. The van der Waals surface area contributed by atoms with Gasteiger partial charge in [0, 0.05) is 19.6 Å². The second kappa shape index (κ2) is 19.0. The van der Waals surface area contributed by atoms with Gasteiger partial charge in [-0.15, -0.1) is 0 Å². The topological polar surface area (TPSA) is 109 Å². The van der Waals surface area contributed by atoms with Crippen LogP contribution < -0.4 is 5.32 Å². The van der Waals surface area contributed by atoms with E-state index in [4.69, 9.17) is 23.7 Å². The van der Waals surface area contributed by atoms with E-state index < -0.39 is 5.97 Å². The van der Waals surface area contributed by atoms with Crippen molar-refractivity contribution >= 4 is 29.6 Å². The molecule has 1 N–H and O–H groups in total. The van der Waals surface area contributed by atoms with Crippen LogP contribution in [0.4, 0.5) is 4.79 Å². The largest absolute Gasteiger partial charge is 0.463 e. The summed E-state index contributed by atoms with van der Waals surface area (Å²) in [5, 5.41) is 4.05. The first-order valence-electron chi connectivity index (χ1n) is 11.8. The Bertz CT molecular complexity index is 559. The Balaban J connectivity index is 0.0000109. The number of alkyl carbamates (subject to hydrolysis) is 1. The van der Waals surface area contributed by atoms with Gasteiger partial charge < -0.3 is 33.8 Å². The number of ketones is 1. The van der Waals surface area contributed by atoms with E-state index in [1.54, 1.807) is 0 Å². The van der Waals surface area contributed by atoms with Gasteiger partial charge in [-0.1, -0.05) is 13.8 Å². The van der Waals surface area contributed by atoms with E-state index >= 15 is 0 Å². The molecule has 0 atom stereocenters. The fraction of sp³-hybridized carbons (Fsp3) is 0.870. The average Bonchev–Trinajstić information content (AvgIpc) is 2.76. The molecule has 0 aromatic heterocycles. The Morgan fingerprint density at radius 3 is 2.03 bits per heavy atom. The van der Waals surface area contributed by atoms with Crippen molar-refractivity contribution in [2.75, 3.05) is 52.8 Å². The number of amides is 1. The van der Waals surface area contributed by atoms with Gasteiger partial charge in [0.05, 0.1) is 46.1 Å². The zero-order valence-electron chi connectivity index (χ0n) is 20.3. The number of rotatable bonds is 18. The molecule has 0 aromatic rings. The van der Waals surface area contributed by atoms with Crippen LogP contribution in [0.1, 0.15) is 60.7 Å². The molecule has 0 spiro atoms. The lowest BCUT2D eigenvalue weighted by molar-refractivity contribution is -0.146. The van der Waals surface area contributed by atoms with Crippen LogP contribution in [0.25, 0.3) is 0 Å². The summed E-state index contributed by atoms with van der Waals surface area (Å²) in [4.78, 5) is 33.9. The van der Waals surface area contributed by atoms with Gasteiger partial charge in [-0.25, -0.2) is 4.79 Å². The van der Waals surface area contributed by atoms with E-state index in [2.05, 4.69) is 19.2 Å². The van der Waals surface area contributed by atoms with Crippen LogP contribution in [0.2, 0.25) is 0 Å². The number of thioether (sulfide) groups is 1. The van der Waals surface area contributed by atoms with Crippen molar-refractivity contribution in [1.82, 2.24) is 5.32 Å². The highest BCUT2D eigenvalue weighted by Gasteiger charge is 2.24. The summed E-state index contributed by atoms with van der Waals surface area (Å²) in [7, 11) is 0. The highest BCUT2D eigenvalue weighted by molar-refractivity contribution is 8.00. The second-order valence-corrected chi connectivity index (χ2v) is 10.1. The molecule has 1 amide bonds. The summed E-state index contributed by atoms with van der Waals surface area (Å²) in [5.74, 6) is -0.430. The van der Waals surface area contributed by atoms with Crippen LogP contribution in [0.3, 0.4) is 0 Å². The first kappa shape index (κ1) is 29.7. The van der Waals surface area contributed by atoms with Crippen molar-refractivity contribution in [1.29, 1.82) is 0 Å². The van der Waals surface area contributed by atoms with Crippen LogP contribution in [0.15, 0.2) is 0 Å². The van der Waals surface area contributed by atoms with Crippen molar-refractivity contribution in [3.05, 3.63) is 0 Å². The van der Waals surface area contributed by atoms with E-state index in [0.29, 0.717) is 50.1 Å². The van der Waals surface area contributed by atoms with Gasteiger partial charge >= 0.3 is 12.1 Å². The SMILES string of the molecule is CC(=O)CCC(=O)OCCOCCOCCOCCNC(=O)OC1CCC(SC(C)C)CC1.[HH]. The molecule has 0 aromatic carbocycles. The smallest absolute Gasteiger partial charge is 0.407 e. The maximum Gasteiger partial charge on any atom is 0.407 e. The van der Waals surface area contributed by atoms with E-state index in [-0.39, 0.29) is 45.5 Å². The van der Waals surface area contributed by atoms with E-state index in [1.807, 2.05) is 11.8 Å². The van der Waals surface area contributed by atoms with Crippen molar-refractivity contribution in [2.45, 2.75) is 75.9 Å². The third kappa shape index (κ3) is 17.7. The molecule has 0 saturated heterocycles. The van der Waals surface area contributed by atoms with Gasteiger partial charge in [0.15, 0.2) is 0 Å². The summed E-state index contributed by atoms with van der Waals surface area (Å²) < 4.78 is 26.5. The molecule has 0 heterocycles. The highest BCUT2D eigenvalue weighted by Crippen LogP contribution is 2.32. The van der Waals surface area contributed by atoms with Gasteiger partial charge in [0.1, 0.15) is 18.5 Å². The lowest BCUT2D eigenvalue weighted by Gasteiger charge is -2.28. The average molecular weight is 494 g/mol. The molecule has 0 bridgehead atoms. The number of hydrogen-bond donors (Lipinski definition) is 1. The van der Waals surface area contributed by atoms with Crippen molar-refractivity contribution < 1.29 is 39.5 Å². The lowest BCUT2D eigenvalue weighted by atomic mass is 9.97. The zero-order chi connectivity index (χ0) is 24.3. The van der Waals surface area contributed by atoms with Crippen LogP contribution in [0.5, 0.6) is 0 Å². The standard InChI is InChI=1S/C23H41NO8S.H2/c1-18(2)33-21-7-5-20(6-8-21)32-23(27)24-10-11-28-12-13-29-14-15-30-16-17-31-22(26)9-4-19(3)25;/h18,20-21H,4-17H2,1-3H3,(H,24,27);1H. The Hall–Kier alpha value is -1.36. The number of carbonyl (C=O) groups is 3. The van der Waals surface area contributed by atoms with Crippen molar-refractivity contribution in [3.63, 3.8) is 0 Å². The molecule has 1 fully saturated rings. The number of esters is 1. The second-order valence-electron chi connectivity index (χ2n) is 8.18. The number of ether oxygens (including phenoxy) is 5. The molecule has 1 saturated carbocycles. The Kier molecular flexibility index (Phi) is 17.1. The summed E-state index contributed by atoms with van der Waals surface area (Å²) in [6.07, 6.45) is 4.02. The Morgan fingerprint density at radius 2 is 1.45 bits per heavy atom. The van der Waals surface area contributed by atoms with Crippen LogP contribution >= 0.6 is 11.8 Å². The molecule has 1 rings (SSSR count). The summed E-state index contributed by atoms with van der Waals surface area (Å²) >= 11 is 2.02. The fourth-order valence-corrected chi connectivity index (χ4v) is 4.51. The van der Waals surface area contributed by atoms with E-state index in [9.17, 15) is 14.4 Å². The van der Waals surface area contributed by atoms with Crippen LogP contribution in [0, 0.1) is 0 Å². The van der Waals surface area contributed by atoms with Crippen molar-refractivity contribution in [3.8, 4) is 0 Å². The normalized spacial score (nSPS) is 18.2. The molecule has 33 heavy (non-hydrogen) atoms. The monoisotopic (exact) mass is 493 g/mol. The third-order valence-corrected chi connectivity index (χ3v) is 6.19. The molecular weight excluding hydrogens is 450 g/mol. The molecule has 1 aliphatic carbocycles. The summed E-state index contributed by atoms with van der Waals surface area (Å²) in [6, 6.07) is 0. The van der Waals surface area contributed by atoms with Crippen LogP contribution in [-0.2, 0) is 33.3 Å². The number of hydrogen-bond acceptors (Lipinski definition) is 9.